The molecule has 0 amide bonds. The van der Waals surface area contributed by atoms with E-state index in [2.05, 4.69) is 5.32 Å². The van der Waals surface area contributed by atoms with Gasteiger partial charge in [-0.1, -0.05) is 0 Å². The maximum Gasteiger partial charge on any atom is 0.124 e. The van der Waals surface area contributed by atoms with Crippen molar-refractivity contribution in [2.45, 2.75) is 31.4 Å². The van der Waals surface area contributed by atoms with Crippen molar-refractivity contribution >= 4 is 0 Å². The van der Waals surface area contributed by atoms with Crippen LogP contribution in [0.5, 0.6) is 5.75 Å². The van der Waals surface area contributed by atoms with Crippen LogP contribution in [0, 0.1) is 11.7 Å². The van der Waals surface area contributed by atoms with Gasteiger partial charge in [-0.2, -0.15) is 0 Å². The third kappa shape index (κ3) is 2.60. The van der Waals surface area contributed by atoms with Gasteiger partial charge in [-0.15, -0.1) is 0 Å². The van der Waals surface area contributed by atoms with Gasteiger partial charge in [-0.3, -0.25) is 0 Å². The zero-order valence-corrected chi connectivity index (χ0v) is 11.2. The van der Waals surface area contributed by atoms with Crippen LogP contribution in [0.15, 0.2) is 18.2 Å². The first-order valence-corrected chi connectivity index (χ1v) is 6.99. The largest absolute Gasteiger partial charge is 0.490 e. The lowest BCUT2D eigenvalue weighted by atomic mass is 9.87. The molecule has 1 N–H and O–H groups in total. The van der Waals surface area contributed by atoms with Gasteiger partial charge in [0.05, 0.1) is 6.61 Å². The smallest absolute Gasteiger partial charge is 0.124 e. The van der Waals surface area contributed by atoms with E-state index < -0.39 is 0 Å². The van der Waals surface area contributed by atoms with Crippen LogP contribution in [0.4, 0.5) is 4.39 Å². The van der Waals surface area contributed by atoms with Crippen molar-refractivity contribution in [1.82, 2.24) is 5.32 Å². The zero-order valence-electron chi connectivity index (χ0n) is 11.2. The first-order chi connectivity index (χ1) is 9.28. The molecule has 1 fully saturated rings. The minimum Gasteiger partial charge on any atom is -0.490 e. The highest BCUT2D eigenvalue weighted by molar-refractivity contribution is 5.38. The summed E-state index contributed by atoms with van der Waals surface area (Å²) in [5.74, 6) is 1.05. The van der Waals surface area contributed by atoms with Crippen molar-refractivity contribution < 1.29 is 13.9 Å². The lowest BCUT2D eigenvalue weighted by molar-refractivity contribution is -0.0108. The van der Waals surface area contributed by atoms with E-state index in [-0.39, 0.29) is 18.0 Å². The van der Waals surface area contributed by atoms with E-state index in [0.29, 0.717) is 5.92 Å². The molecular weight excluding hydrogens is 245 g/mol. The Labute approximate surface area is 113 Å². The molecule has 4 heteroatoms. The van der Waals surface area contributed by atoms with Crippen LogP contribution >= 0.6 is 0 Å². The Hall–Kier alpha value is -1.13. The summed E-state index contributed by atoms with van der Waals surface area (Å²) in [5, 5.41) is 3.27. The summed E-state index contributed by atoms with van der Waals surface area (Å²) in [6, 6.07) is 4.94. The van der Waals surface area contributed by atoms with Gasteiger partial charge in [0.25, 0.3) is 0 Å². The SMILES string of the molecule is CNC1CC(C2CCCOC2)Oc2ccc(F)cc21. The topological polar surface area (TPSA) is 30.5 Å². The Balaban J connectivity index is 1.83. The van der Waals surface area contributed by atoms with Crippen LogP contribution in [0.2, 0.25) is 0 Å². The van der Waals surface area contributed by atoms with Crippen LogP contribution in [-0.2, 0) is 4.74 Å². The molecular formula is C15H20FNO2. The summed E-state index contributed by atoms with van der Waals surface area (Å²) in [6.45, 7) is 1.64. The van der Waals surface area contributed by atoms with Gasteiger partial charge >= 0.3 is 0 Å². The minimum absolute atomic E-state index is 0.159. The number of benzene rings is 1. The van der Waals surface area contributed by atoms with Crippen LogP contribution in [-0.4, -0.2) is 26.4 Å². The molecule has 3 unspecified atom stereocenters. The van der Waals surface area contributed by atoms with Crippen LogP contribution in [0.25, 0.3) is 0 Å². The summed E-state index contributed by atoms with van der Waals surface area (Å²) in [5.41, 5.74) is 0.926. The molecule has 1 aromatic rings. The predicted octanol–water partition coefficient (Wildman–Crippen LogP) is 2.66. The molecule has 19 heavy (non-hydrogen) atoms. The molecule has 1 saturated heterocycles. The van der Waals surface area contributed by atoms with E-state index in [0.717, 1.165) is 43.8 Å². The lowest BCUT2D eigenvalue weighted by Gasteiger charge is -2.37. The molecule has 1 aromatic carbocycles. The van der Waals surface area contributed by atoms with Gasteiger partial charge < -0.3 is 14.8 Å². The Morgan fingerprint density at radius 2 is 2.26 bits per heavy atom. The second-order valence-corrected chi connectivity index (χ2v) is 5.39. The molecule has 3 nitrogen and oxygen atoms in total. The summed E-state index contributed by atoms with van der Waals surface area (Å²) in [6.07, 6.45) is 3.29. The van der Waals surface area contributed by atoms with Gasteiger partial charge in [-0.05, 0) is 38.1 Å². The lowest BCUT2D eigenvalue weighted by Crippen LogP contribution is -2.39. The fourth-order valence-electron chi connectivity index (χ4n) is 3.09. The molecule has 2 heterocycles. The Morgan fingerprint density at radius 1 is 1.37 bits per heavy atom. The van der Waals surface area contributed by atoms with Gasteiger partial charge in [0.2, 0.25) is 0 Å². The van der Waals surface area contributed by atoms with Gasteiger partial charge in [0.1, 0.15) is 17.7 Å². The number of halogens is 1. The average molecular weight is 265 g/mol. The maximum atomic E-state index is 13.4. The fourth-order valence-corrected chi connectivity index (χ4v) is 3.09. The van der Waals surface area contributed by atoms with E-state index in [4.69, 9.17) is 9.47 Å². The van der Waals surface area contributed by atoms with Crippen LogP contribution < -0.4 is 10.1 Å². The predicted molar refractivity (Wildman–Crippen MR) is 70.8 cm³/mol. The van der Waals surface area contributed by atoms with Crippen LogP contribution in [0.3, 0.4) is 0 Å². The number of rotatable bonds is 2. The molecule has 0 aromatic heterocycles. The maximum absolute atomic E-state index is 13.4. The second-order valence-electron chi connectivity index (χ2n) is 5.39. The highest BCUT2D eigenvalue weighted by atomic mass is 19.1. The Kier molecular flexibility index (Phi) is 3.71. The van der Waals surface area contributed by atoms with Crippen molar-refractivity contribution in [2.24, 2.45) is 5.92 Å². The molecule has 0 spiro atoms. The number of nitrogens with one attached hydrogen (secondary N) is 1. The van der Waals surface area contributed by atoms with Gasteiger partial charge in [0.15, 0.2) is 0 Å². The summed E-state index contributed by atoms with van der Waals surface area (Å²) < 4.78 is 25.0. The first kappa shape index (κ1) is 12.9. The van der Waals surface area contributed by atoms with Crippen molar-refractivity contribution in [3.05, 3.63) is 29.6 Å². The van der Waals surface area contributed by atoms with Crippen molar-refractivity contribution in [3.8, 4) is 5.75 Å². The molecule has 0 aliphatic carbocycles. The summed E-state index contributed by atoms with van der Waals surface area (Å²) in [4.78, 5) is 0. The quantitative estimate of drug-likeness (QED) is 0.891. The normalized spacial score (nSPS) is 30.5. The molecule has 3 atom stereocenters. The molecule has 0 saturated carbocycles. The minimum atomic E-state index is -0.206. The van der Waals surface area contributed by atoms with E-state index in [1.165, 1.54) is 6.07 Å². The Bertz CT molecular complexity index is 446. The molecule has 2 aliphatic heterocycles. The van der Waals surface area contributed by atoms with E-state index >= 15 is 0 Å². The number of hydrogen-bond acceptors (Lipinski definition) is 3. The summed E-state index contributed by atoms with van der Waals surface area (Å²) >= 11 is 0. The first-order valence-electron chi connectivity index (χ1n) is 6.99. The highest BCUT2D eigenvalue weighted by Gasteiger charge is 2.33. The standard InChI is InChI=1S/C15H20FNO2/c1-17-13-8-15(10-3-2-6-18-9-10)19-14-5-4-11(16)7-12(13)14/h4-5,7,10,13,15,17H,2-3,6,8-9H2,1H3. The van der Waals surface area contributed by atoms with Gasteiger partial charge in [-0.25, -0.2) is 4.39 Å². The van der Waals surface area contributed by atoms with Crippen molar-refractivity contribution in [3.63, 3.8) is 0 Å². The fraction of sp³-hybridized carbons (Fsp3) is 0.600. The Morgan fingerprint density at radius 3 is 3.00 bits per heavy atom. The third-order valence-corrected chi connectivity index (χ3v) is 4.16. The molecule has 104 valence electrons. The van der Waals surface area contributed by atoms with E-state index in [1.54, 1.807) is 12.1 Å². The average Bonchev–Trinajstić information content (AvgIpc) is 2.47. The van der Waals surface area contributed by atoms with Crippen LogP contribution in [0.1, 0.15) is 30.9 Å². The highest BCUT2D eigenvalue weighted by Crippen LogP contribution is 2.38. The second kappa shape index (κ2) is 5.47. The molecule has 2 aliphatic rings. The number of hydrogen-bond donors (Lipinski definition) is 1. The third-order valence-electron chi connectivity index (χ3n) is 4.16. The molecule has 3 rings (SSSR count). The number of fused-ring (bicyclic) bond motifs is 1. The van der Waals surface area contributed by atoms with Crippen molar-refractivity contribution in [1.29, 1.82) is 0 Å². The summed E-state index contributed by atoms with van der Waals surface area (Å²) in [7, 11) is 1.92. The number of ether oxygens (including phenoxy) is 2. The van der Waals surface area contributed by atoms with Gasteiger partial charge in [0, 0.05) is 30.6 Å². The van der Waals surface area contributed by atoms with E-state index in [9.17, 15) is 4.39 Å². The molecule has 0 bridgehead atoms. The zero-order chi connectivity index (χ0) is 13.2. The molecule has 0 radical (unpaired) electrons. The van der Waals surface area contributed by atoms with E-state index in [1.807, 2.05) is 7.05 Å². The van der Waals surface area contributed by atoms with Crippen molar-refractivity contribution in [2.75, 3.05) is 20.3 Å². The monoisotopic (exact) mass is 265 g/mol.